The van der Waals surface area contributed by atoms with Crippen molar-refractivity contribution in [2.24, 2.45) is 0 Å². The smallest absolute Gasteiger partial charge is 0.307 e. The monoisotopic (exact) mass is 325 g/mol. The third-order valence-corrected chi connectivity index (χ3v) is 4.52. The van der Waals surface area contributed by atoms with Crippen LogP contribution in [0.3, 0.4) is 0 Å². The van der Waals surface area contributed by atoms with E-state index in [2.05, 4.69) is 15.0 Å². The Hall–Kier alpha value is -1.67. The van der Waals surface area contributed by atoms with Crippen molar-refractivity contribution in [1.29, 1.82) is 0 Å². The first kappa shape index (κ1) is 15.2. The number of rotatable bonds is 5. The van der Waals surface area contributed by atoms with E-state index in [0.29, 0.717) is 31.5 Å². The molecule has 1 atom stereocenters. The average molecular weight is 325 g/mol. The Labute approximate surface area is 132 Å². The van der Waals surface area contributed by atoms with Crippen molar-refractivity contribution >= 4 is 28.3 Å². The van der Waals surface area contributed by atoms with Gasteiger partial charge in [-0.2, -0.15) is 0 Å². The summed E-state index contributed by atoms with van der Waals surface area (Å²) in [4.78, 5) is 30.1. The average Bonchev–Trinajstić information content (AvgIpc) is 3.22. The maximum atomic E-state index is 12.6. The van der Waals surface area contributed by atoms with E-state index in [9.17, 15) is 9.59 Å². The molecule has 1 amide bonds. The predicted octanol–water partition coefficient (Wildman–Crippen LogP) is 1.12. The number of thiazole rings is 1. The molecule has 1 N–H and O–H groups in total. The fourth-order valence-corrected chi connectivity index (χ4v) is 3.12. The lowest BCUT2D eigenvalue weighted by atomic mass is 10.1. The van der Waals surface area contributed by atoms with Gasteiger partial charge in [0.2, 0.25) is 0 Å². The standard InChI is InChI=1S/C14H19N3O4S/c1-20-12(18)6-10-7-21-5-4-17(10)13(19)11-8-22-14(16-11)15-9-2-3-9/h8-10H,2-7H2,1H3,(H,15,16)/t10-/m0/s1. The molecule has 0 aromatic carbocycles. The van der Waals surface area contributed by atoms with Crippen LogP contribution in [0.1, 0.15) is 29.8 Å². The van der Waals surface area contributed by atoms with Gasteiger partial charge >= 0.3 is 5.97 Å². The van der Waals surface area contributed by atoms with Crippen LogP contribution in [-0.4, -0.2) is 60.7 Å². The third kappa shape index (κ3) is 3.56. The largest absolute Gasteiger partial charge is 0.469 e. The molecule has 0 spiro atoms. The zero-order chi connectivity index (χ0) is 15.5. The van der Waals surface area contributed by atoms with Crippen molar-refractivity contribution in [2.75, 3.05) is 32.2 Å². The van der Waals surface area contributed by atoms with E-state index in [1.165, 1.54) is 18.4 Å². The summed E-state index contributed by atoms with van der Waals surface area (Å²) in [6.45, 7) is 1.28. The molecule has 0 radical (unpaired) electrons. The second kappa shape index (κ2) is 6.62. The topological polar surface area (TPSA) is 80.8 Å². The van der Waals surface area contributed by atoms with Gasteiger partial charge < -0.3 is 19.7 Å². The molecule has 3 rings (SSSR count). The number of morpholine rings is 1. The Morgan fingerprint density at radius 1 is 1.55 bits per heavy atom. The summed E-state index contributed by atoms with van der Waals surface area (Å²) in [5.41, 5.74) is 0.421. The van der Waals surface area contributed by atoms with Gasteiger partial charge in [0.1, 0.15) is 5.69 Å². The van der Waals surface area contributed by atoms with Crippen LogP contribution in [0.4, 0.5) is 5.13 Å². The number of hydrogen-bond acceptors (Lipinski definition) is 7. The normalized spacial score (nSPS) is 21.5. The summed E-state index contributed by atoms with van der Waals surface area (Å²) in [6.07, 6.45) is 2.46. The van der Waals surface area contributed by atoms with Crippen LogP contribution in [0.5, 0.6) is 0 Å². The van der Waals surface area contributed by atoms with Crippen molar-refractivity contribution in [3.8, 4) is 0 Å². The molecule has 0 unspecified atom stereocenters. The molecule has 2 fully saturated rings. The summed E-state index contributed by atoms with van der Waals surface area (Å²) >= 11 is 1.44. The number of methoxy groups -OCH3 is 1. The van der Waals surface area contributed by atoms with Crippen molar-refractivity contribution in [1.82, 2.24) is 9.88 Å². The first-order valence-electron chi connectivity index (χ1n) is 7.35. The lowest BCUT2D eigenvalue weighted by Gasteiger charge is -2.34. The van der Waals surface area contributed by atoms with Crippen molar-refractivity contribution in [3.05, 3.63) is 11.1 Å². The van der Waals surface area contributed by atoms with E-state index in [4.69, 9.17) is 4.74 Å². The minimum atomic E-state index is -0.345. The van der Waals surface area contributed by atoms with E-state index in [-0.39, 0.29) is 24.3 Å². The highest BCUT2D eigenvalue weighted by atomic mass is 32.1. The molecular weight excluding hydrogens is 306 g/mol. The maximum absolute atomic E-state index is 12.6. The molecule has 2 aliphatic rings. The number of amides is 1. The molecule has 1 aromatic heterocycles. The van der Waals surface area contributed by atoms with Crippen molar-refractivity contribution in [2.45, 2.75) is 31.3 Å². The molecule has 22 heavy (non-hydrogen) atoms. The Kier molecular flexibility index (Phi) is 4.58. The van der Waals surface area contributed by atoms with Gasteiger partial charge in [-0.1, -0.05) is 0 Å². The van der Waals surface area contributed by atoms with Crippen LogP contribution in [0, 0.1) is 0 Å². The molecule has 2 heterocycles. The van der Waals surface area contributed by atoms with Crippen LogP contribution in [0.2, 0.25) is 0 Å². The molecule has 1 aliphatic carbocycles. The lowest BCUT2D eigenvalue weighted by Crippen LogP contribution is -2.49. The first-order chi connectivity index (χ1) is 10.7. The van der Waals surface area contributed by atoms with E-state index in [1.54, 1.807) is 10.3 Å². The number of anilines is 1. The molecule has 7 nitrogen and oxygen atoms in total. The molecule has 8 heteroatoms. The maximum Gasteiger partial charge on any atom is 0.307 e. The second-order valence-electron chi connectivity index (χ2n) is 5.46. The van der Waals surface area contributed by atoms with Gasteiger partial charge in [0, 0.05) is 18.0 Å². The Balaban J connectivity index is 1.67. The first-order valence-corrected chi connectivity index (χ1v) is 8.23. The van der Waals surface area contributed by atoms with Crippen molar-refractivity contribution < 1.29 is 19.1 Å². The SMILES string of the molecule is COC(=O)C[C@H]1COCCN1C(=O)c1csc(NC2CC2)n1. The number of hydrogen-bond donors (Lipinski definition) is 1. The fourth-order valence-electron chi connectivity index (χ4n) is 2.35. The van der Waals surface area contributed by atoms with Crippen LogP contribution in [0.25, 0.3) is 0 Å². The highest BCUT2D eigenvalue weighted by molar-refractivity contribution is 7.13. The zero-order valence-corrected chi connectivity index (χ0v) is 13.2. The number of esters is 1. The zero-order valence-electron chi connectivity index (χ0n) is 12.4. The molecule has 1 aliphatic heterocycles. The molecule has 1 saturated carbocycles. The lowest BCUT2D eigenvalue weighted by molar-refractivity contribution is -0.143. The summed E-state index contributed by atoms with van der Waals surface area (Å²) in [5.74, 6) is -0.500. The highest BCUT2D eigenvalue weighted by Gasteiger charge is 2.31. The number of aromatic nitrogens is 1. The number of ether oxygens (including phenoxy) is 2. The van der Waals surface area contributed by atoms with Crippen molar-refractivity contribution in [3.63, 3.8) is 0 Å². The van der Waals surface area contributed by atoms with Crippen LogP contribution >= 0.6 is 11.3 Å². The summed E-state index contributed by atoms with van der Waals surface area (Å²) < 4.78 is 10.1. The minimum absolute atomic E-state index is 0.138. The van der Waals surface area contributed by atoms with Crippen LogP contribution in [-0.2, 0) is 14.3 Å². The van der Waals surface area contributed by atoms with Gasteiger partial charge in [0.05, 0.1) is 32.8 Å². The van der Waals surface area contributed by atoms with E-state index in [0.717, 1.165) is 18.0 Å². The minimum Gasteiger partial charge on any atom is -0.469 e. The molecule has 0 bridgehead atoms. The van der Waals surface area contributed by atoms with Gasteiger partial charge in [0.25, 0.3) is 5.91 Å². The number of carbonyl (C=O) groups is 2. The number of nitrogens with zero attached hydrogens (tertiary/aromatic N) is 2. The quantitative estimate of drug-likeness (QED) is 0.817. The number of carbonyl (C=O) groups excluding carboxylic acids is 2. The van der Waals surface area contributed by atoms with Gasteiger partial charge in [-0.05, 0) is 12.8 Å². The molecular formula is C14H19N3O4S. The Bertz CT molecular complexity index is 558. The summed E-state index contributed by atoms with van der Waals surface area (Å²) in [5, 5.41) is 5.83. The van der Waals surface area contributed by atoms with Gasteiger partial charge in [-0.15, -0.1) is 11.3 Å². The van der Waals surface area contributed by atoms with Gasteiger partial charge in [-0.25, -0.2) is 4.98 Å². The second-order valence-corrected chi connectivity index (χ2v) is 6.32. The Morgan fingerprint density at radius 3 is 3.09 bits per heavy atom. The van der Waals surface area contributed by atoms with E-state index >= 15 is 0 Å². The number of nitrogens with one attached hydrogen (secondary N) is 1. The predicted molar refractivity (Wildman–Crippen MR) is 81.0 cm³/mol. The summed E-state index contributed by atoms with van der Waals surface area (Å²) in [7, 11) is 1.34. The summed E-state index contributed by atoms with van der Waals surface area (Å²) in [6, 6.07) is 0.208. The van der Waals surface area contributed by atoms with Crippen LogP contribution in [0.15, 0.2) is 5.38 Å². The fraction of sp³-hybridized carbons (Fsp3) is 0.643. The van der Waals surface area contributed by atoms with Gasteiger partial charge in [0.15, 0.2) is 5.13 Å². The Morgan fingerprint density at radius 2 is 2.36 bits per heavy atom. The van der Waals surface area contributed by atoms with Crippen LogP contribution < -0.4 is 5.32 Å². The highest BCUT2D eigenvalue weighted by Crippen LogP contribution is 2.27. The molecule has 120 valence electrons. The third-order valence-electron chi connectivity index (χ3n) is 3.75. The van der Waals surface area contributed by atoms with E-state index in [1.807, 2.05) is 0 Å². The van der Waals surface area contributed by atoms with E-state index < -0.39 is 0 Å². The molecule has 1 saturated heterocycles. The van der Waals surface area contributed by atoms with Gasteiger partial charge in [-0.3, -0.25) is 9.59 Å². The molecule has 1 aromatic rings.